The quantitative estimate of drug-likeness (QED) is 0.782. The molecule has 0 radical (unpaired) electrons. The maximum Gasteiger partial charge on any atom is 0.249 e. The summed E-state index contributed by atoms with van der Waals surface area (Å²) in [5, 5.41) is 16.3. The van der Waals surface area contributed by atoms with E-state index in [2.05, 4.69) is 20.5 Å². The van der Waals surface area contributed by atoms with E-state index in [1.165, 1.54) is 0 Å². The van der Waals surface area contributed by atoms with Crippen molar-refractivity contribution >= 4 is 11.6 Å². The van der Waals surface area contributed by atoms with Crippen molar-refractivity contribution in [3.05, 3.63) is 47.1 Å². The van der Waals surface area contributed by atoms with Gasteiger partial charge >= 0.3 is 0 Å². The zero-order valence-electron chi connectivity index (χ0n) is 10.4. The van der Waals surface area contributed by atoms with Gasteiger partial charge in [0, 0.05) is 6.54 Å². The van der Waals surface area contributed by atoms with Gasteiger partial charge in [0.1, 0.15) is 6.54 Å². The summed E-state index contributed by atoms with van der Waals surface area (Å²) in [6, 6.07) is 7.29. The summed E-state index contributed by atoms with van der Waals surface area (Å²) in [4.78, 5) is 0. The molecule has 0 saturated carbocycles. The first-order valence-electron chi connectivity index (χ1n) is 5.92. The lowest BCUT2D eigenvalue weighted by molar-refractivity contribution is 0.469. The standard InChI is InChI=1S/C12H11ClN6O/c13-10-4-2-1-3-9(10)12-17-16-11(20-12)7-19-6-8(5-14)15-18-19/h1-4,6H,5,7,14H2. The fourth-order valence-electron chi connectivity index (χ4n) is 1.71. The molecule has 0 atom stereocenters. The van der Waals surface area contributed by atoms with Crippen LogP contribution in [0.1, 0.15) is 11.6 Å². The van der Waals surface area contributed by atoms with Gasteiger partial charge in [0.25, 0.3) is 0 Å². The van der Waals surface area contributed by atoms with Crippen molar-refractivity contribution in [1.82, 2.24) is 25.2 Å². The fraction of sp³-hybridized carbons (Fsp3) is 0.167. The fourth-order valence-corrected chi connectivity index (χ4v) is 1.93. The van der Waals surface area contributed by atoms with E-state index in [0.29, 0.717) is 41.2 Å². The lowest BCUT2D eigenvalue weighted by Crippen LogP contribution is -2.00. The van der Waals surface area contributed by atoms with E-state index in [4.69, 9.17) is 21.8 Å². The van der Waals surface area contributed by atoms with E-state index in [1.54, 1.807) is 16.9 Å². The van der Waals surface area contributed by atoms with Gasteiger partial charge in [-0.3, -0.25) is 0 Å². The highest BCUT2D eigenvalue weighted by Gasteiger charge is 2.12. The summed E-state index contributed by atoms with van der Waals surface area (Å²) in [6.45, 7) is 0.680. The van der Waals surface area contributed by atoms with Crippen molar-refractivity contribution in [1.29, 1.82) is 0 Å². The molecular formula is C12H11ClN6O. The molecule has 3 rings (SSSR count). The number of aromatic nitrogens is 5. The Bertz CT molecular complexity index is 722. The first-order valence-corrected chi connectivity index (χ1v) is 6.30. The Morgan fingerprint density at radius 3 is 2.80 bits per heavy atom. The maximum absolute atomic E-state index is 6.08. The highest BCUT2D eigenvalue weighted by atomic mass is 35.5. The van der Waals surface area contributed by atoms with E-state index >= 15 is 0 Å². The molecular weight excluding hydrogens is 280 g/mol. The van der Waals surface area contributed by atoms with Crippen LogP contribution < -0.4 is 5.73 Å². The van der Waals surface area contributed by atoms with E-state index < -0.39 is 0 Å². The largest absolute Gasteiger partial charge is 0.419 e. The van der Waals surface area contributed by atoms with Gasteiger partial charge in [0.05, 0.1) is 22.5 Å². The normalized spacial score (nSPS) is 10.9. The molecule has 2 aromatic heterocycles. The molecule has 2 heterocycles. The highest BCUT2D eigenvalue weighted by molar-refractivity contribution is 6.33. The van der Waals surface area contributed by atoms with Crippen molar-refractivity contribution in [2.24, 2.45) is 5.73 Å². The zero-order chi connectivity index (χ0) is 13.9. The van der Waals surface area contributed by atoms with Crippen LogP contribution in [0.2, 0.25) is 5.02 Å². The SMILES string of the molecule is NCc1cn(Cc2nnc(-c3ccccc3Cl)o2)nn1. The van der Waals surface area contributed by atoms with Crippen LogP contribution in [0.4, 0.5) is 0 Å². The topological polar surface area (TPSA) is 95.7 Å². The number of rotatable bonds is 4. The molecule has 0 amide bonds. The summed E-state index contributed by atoms with van der Waals surface area (Å²) in [5.41, 5.74) is 6.88. The van der Waals surface area contributed by atoms with E-state index in [-0.39, 0.29) is 0 Å². The van der Waals surface area contributed by atoms with Crippen molar-refractivity contribution in [2.75, 3.05) is 0 Å². The summed E-state index contributed by atoms with van der Waals surface area (Å²) in [6.07, 6.45) is 1.74. The predicted molar refractivity (Wildman–Crippen MR) is 71.8 cm³/mol. The van der Waals surface area contributed by atoms with Crippen LogP contribution in [0.15, 0.2) is 34.9 Å². The van der Waals surface area contributed by atoms with Gasteiger partial charge in [-0.25, -0.2) is 4.68 Å². The third-order valence-electron chi connectivity index (χ3n) is 2.66. The minimum absolute atomic E-state index is 0.338. The Balaban J connectivity index is 1.82. The number of hydrogen-bond acceptors (Lipinski definition) is 6. The van der Waals surface area contributed by atoms with Crippen LogP contribution in [-0.2, 0) is 13.1 Å². The van der Waals surface area contributed by atoms with Crippen LogP contribution in [0, 0.1) is 0 Å². The molecule has 0 fully saturated rings. The molecule has 0 spiro atoms. The number of nitrogens with two attached hydrogens (primary N) is 1. The van der Waals surface area contributed by atoms with Crippen LogP contribution in [0.3, 0.4) is 0 Å². The molecule has 20 heavy (non-hydrogen) atoms. The summed E-state index contributed by atoms with van der Waals surface area (Å²) in [7, 11) is 0. The van der Waals surface area contributed by atoms with E-state index in [9.17, 15) is 0 Å². The average molecular weight is 291 g/mol. The second-order valence-electron chi connectivity index (χ2n) is 4.09. The zero-order valence-corrected chi connectivity index (χ0v) is 11.2. The minimum atomic E-state index is 0.338. The third kappa shape index (κ3) is 2.54. The van der Waals surface area contributed by atoms with E-state index in [1.807, 2.05) is 18.2 Å². The van der Waals surface area contributed by atoms with Gasteiger partial charge in [-0.1, -0.05) is 28.9 Å². The van der Waals surface area contributed by atoms with Crippen molar-refractivity contribution in [3.8, 4) is 11.5 Å². The minimum Gasteiger partial charge on any atom is -0.419 e. The van der Waals surface area contributed by atoms with Gasteiger partial charge < -0.3 is 10.2 Å². The van der Waals surface area contributed by atoms with Crippen molar-refractivity contribution in [2.45, 2.75) is 13.1 Å². The number of halogens is 1. The Morgan fingerprint density at radius 2 is 2.05 bits per heavy atom. The Morgan fingerprint density at radius 1 is 1.20 bits per heavy atom. The molecule has 0 aliphatic carbocycles. The lowest BCUT2D eigenvalue weighted by atomic mass is 10.2. The summed E-state index contributed by atoms with van der Waals surface area (Å²) >= 11 is 6.08. The molecule has 8 heteroatoms. The molecule has 0 saturated heterocycles. The first kappa shape index (κ1) is 12.8. The monoisotopic (exact) mass is 290 g/mol. The smallest absolute Gasteiger partial charge is 0.249 e. The molecule has 7 nitrogen and oxygen atoms in total. The predicted octanol–water partition coefficient (Wildman–Crippen LogP) is 1.49. The van der Waals surface area contributed by atoms with Gasteiger partial charge in [0.2, 0.25) is 11.8 Å². The Labute approximate surface area is 119 Å². The van der Waals surface area contributed by atoms with Gasteiger partial charge in [-0.2, -0.15) is 0 Å². The second-order valence-corrected chi connectivity index (χ2v) is 4.50. The summed E-state index contributed by atoms with van der Waals surface area (Å²) < 4.78 is 7.16. The van der Waals surface area contributed by atoms with Crippen molar-refractivity contribution < 1.29 is 4.42 Å². The molecule has 0 bridgehead atoms. The molecule has 0 unspecified atom stereocenters. The van der Waals surface area contributed by atoms with Gasteiger partial charge in [-0.05, 0) is 12.1 Å². The lowest BCUT2D eigenvalue weighted by Gasteiger charge is -1.97. The Kier molecular flexibility index (Phi) is 3.44. The molecule has 102 valence electrons. The maximum atomic E-state index is 6.08. The van der Waals surface area contributed by atoms with Crippen LogP contribution in [-0.4, -0.2) is 25.2 Å². The average Bonchev–Trinajstić information content (AvgIpc) is 3.09. The van der Waals surface area contributed by atoms with Gasteiger partial charge in [0.15, 0.2) is 0 Å². The highest BCUT2D eigenvalue weighted by Crippen LogP contribution is 2.26. The van der Waals surface area contributed by atoms with Crippen molar-refractivity contribution in [3.63, 3.8) is 0 Å². The molecule has 3 aromatic rings. The first-order chi connectivity index (χ1) is 9.76. The Hall–Kier alpha value is -2.25. The number of benzene rings is 1. The molecule has 2 N–H and O–H groups in total. The van der Waals surface area contributed by atoms with Gasteiger partial charge in [-0.15, -0.1) is 15.3 Å². The molecule has 1 aromatic carbocycles. The molecule has 0 aliphatic heterocycles. The third-order valence-corrected chi connectivity index (χ3v) is 2.99. The van der Waals surface area contributed by atoms with Crippen LogP contribution >= 0.6 is 11.6 Å². The van der Waals surface area contributed by atoms with E-state index in [0.717, 1.165) is 0 Å². The number of hydrogen-bond donors (Lipinski definition) is 1. The van der Waals surface area contributed by atoms with Crippen LogP contribution in [0.5, 0.6) is 0 Å². The second kappa shape index (κ2) is 5.40. The molecule has 0 aliphatic rings. The number of nitrogens with zero attached hydrogens (tertiary/aromatic N) is 5. The summed E-state index contributed by atoms with van der Waals surface area (Å²) in [5.74, 6) is 0.804. The van der Waals surface area contributed by atoms with Crippen LogP contribution in [0.25, 0.3) is 11.5 Å².